The number of rotatable bonds is 4. The fraction of sp³-hybridized carbons (Fsp3) is 0.250. The summed E-state index contributed by atoms with van der Waals surface area (Å²) < 4.78 is 5.24. The molecule has 1 unspecified atom stereocenters. The topological polar surface area (TPSA) is 84.5 Å². The number of hydrogen-bond donors (Lipinski definition) is 2. The molecule has 6 nitrogen and oxygen atoms in total. The summed E-state index contributed by atoms with van der Waals surface area (Å²) in [7, 11) is 0. The number of fused-ring (bicyclic) bond motifs is 1. The lowest BCUT2D eigenvalue weighted by Crippen LogP contribution is -2.37. The van der Waals surface area contributed by atoms with Gasteiger partial charge in [0.25, 0.3) is 5.91 Å². The molecule has 134 valence electrons. The fourth-order valence-corrected chi connectivity index (χ4v) is 2.62. The van der Waals surface area contributed by atoms with Crippen molar-refractivity contribution in [3.8, 4) is 0 Å². The molecule has 2 aromatic carbocycles. The molecule has 2 N–H and O–H groups in total. The van der Waals surface area contributed by atoms with E-state index in [2.05, 4.69) is 10.6 Å². The van der Waals surface area contributed by atoms with Gasteiger partial charge in [-0.15, -0.1) is 0 Å². The molecule has 6 heteroatoms. The fourth-order valence-electron chi connectivity index (χ4n) is 2.62. The summed E-state index contributed by atoms with van der Waals surface area (Å²) in [6.45, 7) is 3.63. The molecule has 3 rings (SSSR count). The highest BCUT2D eigenvalue weighted by atomic mass is 16.5. The van der Waals surface area contributed by atoms with Crippen LogP contribution in [0.15, 0.2) is 48.5 Å². The van der Waals surface area contributed by atoms with E-state index in [9.17, 15) is 14.4 Å². The number of carbonyl (C=O) groups excluding carboxylic acids is 3. The van der Waals surface area contributed by atoms with E-state index in [1.165, 1.54) is 0 Å². The molecule has 1 aliphatic rings. The molecule has 0 aliphatic carbocycles. The zero-order valence-electron chi connectivity index (χ0n) is 14.6. The molecule has 0 bridgehead atoms. The van der Waals surface area contributed by atoms with Crippen molar-refractivity contribution in [3.63, 3.8) is 0 Å². The van der Waals surface area contributed by atoms with Gasteiger partial charge in [-0.05, 0) is 35.9 Å². The molecule has 26 heavy (non-hydrogen) atoms. The normalized spacial score (nSPS) is 15.8. The van der Waals surface area contributed by atoms with Crippen LogP contribution in [0.1, 0.15) is 29.8 Å². The molecule has 1 aliphatic heterocycles. The second kappa shape index (κ2) is 7.39. The first-order chi connectivity index (χ1) is 12.4. The molecule has 1 atom stereocenters. The zero-order valence-corrected chi connectivity index (χ0v) is 14.6. The van der Waals surface area contributed by atoms with E-state index in [0.29, 0.717) is 23.4 Å². The van der Waals surface area contributed by atoms with Crippen molar-refractivity contribution >= 4 is 29.2 Å². The molecule has 0 aromatic heterocycles. The Morgan fingerprint density at radius 2 is 1.62 bits per heavy atom. The Bertz CT molecular complexity index is 843. The molecular formula is C20H20N2O4. The Balaban J connectivity index is 1.64. The van der Waals surface area contributed by atoms with Crippen LogP contribution in [0, 0.1) is 5.92 Å². The van der Waals surface area contributed by atoms with Crippen molar-refractivity contribution in [3.05, 3.63) is 59.7 Å². The van der Waals surface area contributed by atoms with Gasteiger partial charge in [-0.3, -0.25) is 9.59 Å². The predicted molar refractivity (Wildman–Crippen MR) is 97.9 cm³/mol. The third-order valence-electron chi connectivity index (χ3n) is 4.13. The smallest absolute Gasteiger partial charge is 0.339 e. The van der Waals surface area contributed by atoms with E-state index in [-0.39, 0.29) is 17.7 Å². The lowest BCUT2D eigenvalue weighted by molar-refractivity contribution is -0.125. The van der Waals surface area contributed by atoms with Gasteiger partial charge in [0.15, 0.2) is 6.10 Å². The summed E-state index contributed by atoms with van der Waals surface area (Å²) in [6, 6.07) is 13.9. The lowest BCUT2D eigenvalue weighted by Gasteiger charge is -2.23. The second-order valence-corrected chi connectivity index (χ2v) is 6.47. The Hall–Kier alpha value is -3.15. The Morgan fingerprint density at radius 1 is 1.00 bits per heavy atom. The van der Waals surface area contributed by atoms with Crippen LogP contribution in [0.3, 0.4) is 0 Å². The van der Waals surface area contributed by atoms with Crippen LogP contribution in [-0.4, -0.2) is 23.9 Å². The summed E-state index contributed by atoms with van der Waals surface area (Å²) in [6.07, 6.45) is -0.520. The summed E-state index contributed by atoms with van der Waals surface area (Å²) in [5.41, 5.74) is 2.52. The van der Waals surface area contributed by atoms with Crippen molar-refractivity contribution < 1.29 is 19.1 Å². The zero-order chi connectivity index (χ0) is 18.7. The summed E-state index contributed by atoms with van der Waals surface area (Å²) >= 11 is 0. The minimum Gasteiger partial charge on any atom is -0.448 e. The molecular weight excluding hydrogens is 332 g/mol. The van der Waals surface area contributed by atoms with Gasteiger partial charge in [-0.2, -0.15) is 0 Å². The summed E-state index contributed by atoms with van der Waals surface area (Å²) in [5.74, 6) is -1.06. The second-order valence-electron chi connectivity index (χ2n) is 6.47. The summed E-state index contributed by atoms with van der Waals surface area (Å²) in [5, 5.41) is 5.52. The molecule has 2 amide bonds. The van der Waals surface area contributed by atoms with Gasteiger partial charge in [0, 0.05) is 23.7 Å². The van der Waals surface area contributed by atoms with Crippen LogP contribution in [0.5, 0.6) is 0 Å². The van der Waals surface area contributed by atoms with Crippen molar-refractivity contribution in [2.45, 2.75) is 26.4 Å². The Labute approximate surface area is 151 Å². The highest BCUT2D eigenvalue weighted by molar-refractivity contribution is 6.00. The number of carbonyl (C=O) groups is 3. The van der Waals surface area contributed by atoms with Gasteiger partial charge in [0.1, 0.15) is 0 Å². The standard InChI is InChI=1S/C20H20N2O4/c1-12(2)18(23)21-14-7-9-15(10-8-14)22-19(24)17-11-13-5-3-4-6-16(13)20(25)26-17/h3-10,12,17H,11H2,1-2H3,(H,21,23)(H,22,24). The maximum absolute atomic E-state index is 12.4. The monoisotopic (exact) mass is 352 g/mol. The average molecular weight is 352 g/mol. The van der Waals surface area contributed by atoms with Gasteiger partial charge in [0.2, 0.25) is 5.91 Å². The quantitative estimate of drug-likeness (QED) is 0.829. The van der Waals surface area contributed by atoms with Crippen LogP contribution in [0.2, 0.25) is 0 Å². The number of benzene rings is 2. The SMILES string of the molecule is CC(C)C(=O)Nc1ccc(NC(=O)C2Cc3ccccc3C(=O)O2)cc1. The van der Waals surface area contributed by atoms with Crippen molar-refractivity contribution in [1.29, 1.82) is 0 Å². The number of amides is 2. The molecule has 0 saturated heterocycles. The highest BCUT2D eigenvalue weighted by Gasteiger charge is 2.31. The number of nitrogens with one attached hydrogen (secondary N) is 2. The van der Waals surface area contributed by atoms with E-state index in [1.807, 2.05) is 26.0 Å². The first-order valence-corrected chi connectivity index (χ1v) is 8.44. The summed E-state index contributed by atoms with van der Waals surface area (Å²) in [4.78, 5) is 36.1. The van der Waals surface area contributed by atoms with Crippen molar-refractivity contribution in [2.24, 2.45) is 5.92 Å². The maximum atomic E-state index is 12.4. The average Bonchev–Trinajstić information content (AvgIpc) is 2.63. The number of hydrogen-bond acceptors (Lipinski definition) is 4. The lowest BCUT2D eigenvalue weighted by atomic mass is 9.98. The third kappa shape index (κ3) is 3.91. The van der Waals surface area contributed by atoms with Crippen LogP contribution in [-0.2, 0) is 20.7 Å². The number of ether oxygens (including phenoxy) is 1. The molecule has 0 saturated carbocycles. The number of anilines is 2. The van der Waals surface area contributed by atoms with E-state index in [4.69, 9.17) is 4.74 Å². The van der Waals surface area contributed by atoms with Gasteiger partial charge < -0.3 is 15.4 Å². The van der Waals surface area contributed by atoms with E-state index in [0.717, 1.165) is 5.56 Å². The minimum atomic E-state index is -0.863. The first-order valence-electron chi connectivity index (χ1n) is 8.44. The highest BCUT2D eigenvalue weighted by Crippen LogP contribution is 2.22. The van der Waals surface area contributed by atoms with Crippen LogP contribution < -0.4 is 10.6 Å². The van der Waals surface area contributed by atoms with Crippen LogP contribution in [0.4, 0.5) is 11.4 Å². The third-order valence-corrected chi connectivity index (χ3v) is 4.13. The first kappa shape index (κ1) is 17.7. The number of cyclic esters (lactones) is 1. The van der Waals surface area contributed by atoms with Crippen molar-refractivity contribution in [2.75, 3.05) is 10.6 Å². The minimum absolute atomic E-state index is 0.0745. The van der Waals surface area contributed by atoms with Gasteiger partial charge in [0.05, 0.1) is 5.56 Å². The Kier molecular flexibility index (Phi) is 5.02. The van der Waals surface area contributed by atoms with Gasteiger partial charge >= 0.3 is 5.97 Å². The van der Waals surface area contributed by atoms with Crippen molar-refractivity contribution in [1.82, 2.24) is 0 Å². The maximum Gasteiger partial charge on any atom is 0.339 e. The van der Waals surface area contributed by atoms with Gasteiger partial charge in [-0.1, -0.05) is 32.0 Å². The van der Waals surface area contributed by atoms with Crippen LogP contribution >= 0.6 is 0 Å². The van der Waals surface area contributed by atoms with E-state index >= 15 is 0 Å². The molecule has 0 radical (unpaired) electrons. The van der Waals surface area contributed by atoms with Gasteiger partial charge in [-0.25, -0.2) is 4.79 Å². The molecule has 1 heterocycles. The van der Waals surface area contributed by atoms with Crippen LogP contribution in [0.25, 0.3) is 0 Å². The Morgan fingerprint density at radius 3 is 2.27 bits per heavy atom. The van der Waals surface area contributed by atoms with E-state index in [1.54, 1.807) is 36.4 Å². The molecule has 0 fully saturated rings. The molecule has 2 aromatic rings. The number of esters is 1. The molecule has 0 spiro atoms. The predicted octanol–water partition coefficient (Wildman–Crippen LogP) is 3.00. The van der Waals surface area contributed by atoms with E-state index < -0.39 is 12.1 Å². The largest absolute Gasteiger partial charge is 0.448 e.